The third-order valence-corrected chi connectivity index (χ3v) is 13.6. The van der Waals surface area contributed by atoms with Crippen LogP contribution in [0.4, 0.5) is 0 Å². The number of nitrogens with one attached hydrogen (secondary N) is 1. The fourth-order valence-corrected chi connectivity index (χ4v) is 10.5. The number of thiophene rings is 1. The summed E-state index contributed by atoms with van der Waals surface area (Å²) in [7, 11) is 1.82. The predicted molar refractivity (Wildman–Crippen MR) is 195 cm³/mol. The number of piperazine rings is 1. The van der Waals surface area contributed by atoms with Gasteiger partial charge in [0.2, 0.25) is 5.91 Å². The van der Waals surface area contributed by atoms with Gasteiger partial charge in [0, 0.05) is 68.3 Å². The summed E-state index contributed by atoms with van der Waals surface area (Å²) in [6, 6.07) is 8.56. The maximum atomic E-state index is 14.4. The van der Waals surface area contributed by atoms with Crippen molar-refractivity contribution in [2.75, 3.05) is 52.9 Å². The monoisotopic (exact) mass is 684 g/mol. The van der Waals surface area contributed by atoms with Gasteiger partial charge >= 0.3 is 0 Å². The molecule has 1 unspecified atom stereocenters. The number of nitrogens with zero attached hydrogens (tertiary/aromatic N) is 3. The molecular weight excluding hydrogens is 633 g/mol. The third kappa shape index (κ3) is 6.71. The summed E-state index contributed by atoms with van der Waals surface area (Å²) in [5, 5.41) is 0.922. The third-order valence-electron chi connectivity index (χ3n) is 12.3. The number of hydrogen-bond donors (Lipinski definition) is 1. The Hall–Kier alpha value is -3.14. The molecule has 3 aromatic rings. The van der Waals surface area contributed by atoms with Gasteiger partial charge in [0.25, 0.3) is 0 Å². The zero-order valence-electron chi connectivity index (χ0n) is 29.9. The van der Waals surface area contributed by atoms with E-state index in [1.807, 2.05) is 7.05 Å². The van der Waals surface area contributed by atoms with Crippen LogP contribution in [0.15, 0.2) is 24.3 Å². The lowest BCUT2D eigenvalue weighted by Gasteiger charge is -2.34. The number of carbonyl (C=O) groups excluding carboxylic acids is 4. The molecule has 0 spiro atoms. The van der Waals surface area contributed by atoms with Gasteiger partial charge in [0.1, 0.15) is 16.4 Å². The Kier molecular flexibility index (Phi) is 9.48. The Morgan fingerprint density at radius 2 is 1.45 bits per heavy atom. The molecule has 2 aromatic heterocycles. The molecule has 2 bridgehead atoms. The lowest BCUT2D eigenvalue weighted by Crippen LogP contribution is -2.49. The largest absolute Gasteiger partial charge is 0.346 e. The number of H-pyrrole nitrogens is 1. The van der Waals surface area contributed by atoms with Gasteiger partial charge in [-0.3, -0.25) is 29.0 Å². The summed E-state index contributed by atoms with van der Waals surface area (Å²) in [6.07, 6.45) is 6.57. The van der Waals surface area contributed by atoms with Crippen LogP contribution in [0.1, 0.15) is 85.2 Å². The second kappa shape index (κ2) is 13.5. The molecule has 2 saturated carbocycles. The van der Waals surface area contributed by atoms with Crippen LogP contribution < -0.4 is 0 Å². The molecule has 1 atom stereocenters. The van der Waals surface area contributed by atoms with Crippen molar-refractivity contribution in [2.45, 2.75) is 78.1 Å². The summed E-state index contributed by atoms with van der Waals surface area (Å²) in [4.78, 5) is 65.5. The number of likely N-dealkylation sites (tertiary alicyclic amines) is 1. The van der Waals surface area contributed by atoms with Crippen LogP contribution in [-0.2, 0) is 19.8 Å². The number of fused-ring (bicyclic) bond motifs is 3. The van der Waals surface area contributed by atoms with E-state index in [0.717, 1.165) is 75.6 Å². The predicted octanol–water partition coefficient (Wildman–Crippen LogP) is 6.42. The molecule has 1 N–H and O–H groups in total. The zero-order chi connectivity index (χ0) is 34.6. The zero-order valence-corrected chi connectivity index (χ0v) is 30.7. The van der Waals surface area contributed by atoms with Crippen LogP contribution in [0.5, 0.6) is 0 Å². The molecule has 8 nitrogen and oxygen atoms in total. The van der Waals surface area contributed by atoms with E-state index in [9.17, 15) is 19.2 Å². The number of carbonyl (C=O) groups is 4. The van der Waals surface area contributed by atoms with Gasteiger partial charge in [-0.25, -0.2) is 0 Å². The maximum Gasteiger partial charge on any atom is 0.222 e. The lowest BCUT2D eigenvalue weighted by molar-refractivity contribution is -0.129. The van der Waals surface area contributed by atoms with Crippen molar-refractivity contribution in [1.29, 1.82) is 0 Å². The standard InChI is InChI=1S/C40H52N4O4S/c1-24-18-25(2)20-29(19-24)37-36(30-21-33(49-39(30)41-37)40(3,4)38(48)35-27-6-7-28(35)9-8-27)32(46)23-44-16-14-43(15-17-44)22-31(45)26-10-11-34(47)42(5)13-12-26/h18-21,26-28,35,41H,6-17,22-23H2,1-5H3. The van der Waals surface area contributed by atoms with Gasteiger partial charge in [-0.1, -0.05) is 17.2 Å². The van der Waals surface area contributed by atoms with Crippen molar-refractivity contribution in [3.63, 3.8) is 0 Å². The van der Waals surface area contributed by atoms with Crippen molar-refractivity contribution in [2.24, 2.45) is 23.7 Å². The fraction of sp³-hybridized carbons (Fsp3) is 0.600. The van der Waals surface area contributed by atoms with E-state index in [-0.39, 0.29) is 29.3 Å². The van der Waals surface area contributed by atoms with Gasteiger partial charge in [0.15, 0.2) is 5.78 Å². The maximum absolute atomic E-state index is 14.4. The SMILES string of the molecule is Cc1cc(C)cc(-c2[nH]c3sc(C(C)(C)C(=O)C4C5CCC4CC5)cc3c2C(=O)CN2CCN(CC(=O)C3CCC(=O)N(C)CC3)CC2)c1. The molecule has 2 aliphatic heterocycles. The van der Waals surface area contributed by atoms with E-state index < -0.39 is 5.41 Å². The number of hydrogen-bond acceptors (Lipinski definition) is 7. The van der Waals surface area contributed by atoms with Crippen LogP contribution in [0, 0.1) is 37.5 Å². The summed E-state index contributed by atoms with van der Waals surface area (Å²) in [5.74, 6) is 2.01. The molecule has 4 aliphatic rings. The van der Waals surface area contributed by atoms with Crippen LogP contribution in [0.25, 0.3) is 21.5 Å². The number of aromatic amines is 1. The van der Waals surface area contributed by atoms with E-state index in [4.69, 9.17) is 0 Å². The number of benzene rings is 1. The van der Waals surface area contributed by atoms with Gasteiger partial charge in [0.05, 0.1) is 29.8 Å². The normalized spacial score (nSPS) is 25.3. The molecule has 2 saturated heterocycles. The van der Waals surface area contributed by atoms with Crippen LogP contribution in [-0.4, -0.2) is 95.8 Å². The second-order valence-electron chi connectivity index (χ2n) is 16.1. The molecule has 9 heteroatoms. The number of aryl methyl sites for hydroxylation is 2. The second-order valence-corrected chi connectivity index (χ2v) is 17.1. The number of Topliss-reactive ketones (excluding diaryl/α,β-unsaturated/α-hetero) is 3. The Morgan fingerprint density at radius 1 is 0.837 bits per heavy atom. The molecule has 4 heterocycles. The molecule has 262 valence electrons. The minimum Gasteiger partial charge on any atom is -0.346 e. The van der Waals surface area contributed by atoms with E-state index in [2.05, 4.69) is 66.7 Å². The van der Waals surface area contributed by atoms with Gasteiger partial charge in [-0.2, -0.15) is 0 Å². The van der Waals surface area contributed by atoms with Crippen molar-refractivity contribution in [3.05, 3.63) is 45.8 Å². The Morgan fingerprint density at radius 3 is 2.08 bits per heavy atom. The average molecular weight is 685 g/mol. The van der Waals surface area contributed by atoms with E-state index >= 15 is 0 Å². The molecule has 4 fully saturated rings. The van der Waals surface area contributed by atoms with Crippen molar-refractivity contribution < 1.29 is 19.2 Å². The first-order valence-electron chi connectivity index (χ1n) is 18.4. The average Bonchev–Trinajstić information content (AvgIpc) is 3.83. The lowest BCUT2D eigenvalue weighted by atomic mass is 9.76. The molecule has 7 rings (SSSR count). The summed E-state index contributed by atoms with van der Waals surface area (Å²) in [6.45, 7) is 12.6. The molecule has 1 aromatic carbocycles. The number of amides is 1. The summed E-state index contributed by atoms with van der Waals surface area (Å²) >= 11 is 1.63. The van der Waals surface area contributed by atoms with Crippen molar-refractivity contribution >= 4 is 44.8 Å². The Bertz CT molecular complexity index is 1740. The topological polar surface area (TPSA) is 93.8 Å². The van der Waals surface area contributed by atoms with E-state index in [1.54, 1.807) is 16.2 Å². The fourth-order valence-electron chi connectivity index (χ4n) is 9.29. The number of ketones is 3. The van der Waals surface area contributed by atoms with Gasteiger partial charge in [-0.15, -0.1) is 11.3 Å². The Labute approximate surface area is 294 Å². The molecule has 2 aliphatic carbocycles. The van der Waals surface area contributed by atoms with Gasteiger partial charge < -0.3 is 9.88 Å². The van der Waals surface area contributed by atoms with Crippen molar-refractivity contribution in [1.82, 2.24) is 19.7 Å². The first-order valence-corrected chi connectivity index (χ1v) is 19.2. The highest BCUT2D eigenvalue weighted by Crippen LogP contribution is 2.53. The summed E-state index contributed by atoms with van der Waals surface area (Å²) < 4.78 is 0. The highest BCUT2D eigenvalue weighted by Gasteiger charge is 2.50. The first kappa shape index (κ1) is 34.3. The molecule has 0 radical (unpaired) electrons. The highest BCUT2D eigenvalue weighted by atomic mass is 32.1. The van der Waals surface area contributed by atoms with E-state index in [0.29, 0.717) is 50.1 Å². The molecule has 1 amide bonds. The van der Waals surface area contributed by atoms with Crippen molar-refractivity contribution in [3.8, 4) is 11.3 Å². The Balaban J connectivity index is 1.09. The molecule has 49 heavy (non-hydrogen) atoms. The van der Waals surface area contributed by atoms with Crippen LogP contribution in [0.2, 0.25) is 0 Å². The smallest absolute Gasteiger partial charge is 0.222 e. The van der Waals surface area contributed by atoms with E-state index in [1.165, 1.54) is 25.7 Å². The number of rotatable bonds is 10. The van der Waals surface area contributed by atoms with Crippen LogP contribution >= 0.6 is 11.3 Å². The molecular formula is C40H52N4O4S. The quantitative estimate of drug-likeness (QED) is 0.248. The van der Waals surface area contributed by atoms with Gasteiger partial charge in [-0.05, 0) is 102 Å². The minimum atomic E-state index is -0.600. The summed E-state index contributed by atoms with van der Waals surface area (Å²) in [5.41, 5.74) is 4.29. The number of aromatic nitrogens is 1. The first-order chi connectivity index (χ1) is 23.4. The minimum absolute atomic E-state index is 0.0581. The highest BCUT2D eigenvalue weighted by molar-refractivity contribution is 7.19. The van der Waals surface area contributed by atoms with Crippen LogP contribution in [0.3, 0.4) is 0 Å².